The summed E-state index contributed by atoms with van der Waals surface area (Å²) < 4.78 is 0. The van der Waals surface area contributed by atoms with Gasteiger partial charge in [0.15, 0.2) is 0 Å². The van der Waals surface area contributed by atoms with Gasteiger partial charge in [-0.2, -0.15) is 0 Å². The summed E-state index contributed by atoms with van der Waals surface area (Å²) in [5.41, 5.74) is 0.869. The minimum atomic E-state index is -0.422. The highest BCUT2D eigenvalue weighted by molar-refractivity contribution is 5.86. The van der Waals surface area contributed by atoms with Crippen LogP contribution in [0.25, 0.3) is 0 Å². The van der Waals surface area contributed by atoms with Crippen molar-refractivity contribution >= 4 is 5.91 Å². The molecule has 3 nitrogen and oxygen atoms in total. The predicted octanol–water partition coefficient (Wildman–Crippen LogP) is 2.71. The molecule has 2 unspecified atom stereocenters. The number of nitrogens with zero attached hydrogens (tertiary/aromatic N) is 1. The second kappa shape index (κ2) is 5.21. The fourth-order valence-electron chi connectivity index (χ4n) is 3.64. The van der Waals surface area contributed by atoms with E-state index in [4.69, 9.17) is 0 Å². The van der Waals surface area contributed by atoms with Crippen molar-refractivity contribution in [2.75, 3.05) is 0 Å². The van der Waals surface area contributed by atoms with Gasteiger partial charge in [-0.15, -0.1) is 0 Å². The summed E-state index contributed by atoms with van der Waals surface area (Å²) in [4.78, 5) is 14.8. The Morgan fingerprint density at radius 2 is 1.90 bits per heavy atom. The number of nitrogens with one attached hydrogen (secondary N) is 1. The Kier molecular flexibility index (Phi) is 3.55. The molecule has 0 bridgehead atoms. The molecular formula is C17H24N2O. The second-order valence-electron chi connectivity index (χ2n) is 6.60. The fourth-order valence-corrected chi connectivity index (χ4v) is 3.64. The lowest BCUT2D eigenvalue weighted by atomic mass is 9.82. The second-order valence-corrected chi connectivity index (χ2v) is 6.60. The average Bonchev–Trinajstić information content (AvgIpc) is 2.45. The van der Waals surface area contributed by atoms with Crippen LogP contribution in [0, 0.1) is 0 Å². The zero-order valence-electron chi connectivity index (χ0n) is 12.4. The highest BCUT2D eigenvalue weighted by Crippen LogP contribution is 2.34. The smallest absolute Gasteiger partial charge is 0.240 e. The first kappa shape index (κ1) is 13.6. The van der Waals surface area contributed by atoms with Crippen LogP contribution in [0.2, 0.25) is 0 Å². The Bertz CT molecular complexity index is 483. The van der Waals surface area contributed by atoms with E-state index >= 15 is 0 Å². The van der Waals surface area contributed by atoms with Crippen LogP contribution in [0.1, 0.15) is 45.1 Å². The van der Waals surface area contributed by atoms with Crippen LogP contribution in [0.5, 0.6) is 0 Å². The van der Waals surface area contributed by atoms with Gasteiger partial charge in [-0.1, -0.05) is 43.2 Å². The fraction of sp³-hybridized carbons (Fsp3) is 0.588. The van der Waals surface area contributed by atoms with Crippen molar-refractivity contribution in [3.05, 3.63) is 35.9 Å². The van der Waals surface area contributed by atoms with E-state index in [0.29, 0.717) is 12.1 Å². The van der Waals surface area contributed by atoms with E-state index in [1.165, 1.54) is 24.8 Å². The van der Waals surface area contributed by atoms with E-state index in [0.717, 1.165) is 13.0 Å². The van der Waals surface area contributed by atoms with Gasteiger partial charge in [0.25, 0.3) is 0 Å². The number of hydrogen-bond donors (Lipinski definition) is 1. The van der Waals surface area contributed by atoms with Crippen LogP contribution in [0.15, 0.2) is 30.3 Å². The lowest BCUT2D eigenvalue weighted by Gasteiger charge is -2.52. The summed E-state index contributed by atoms with van der Waals surface area (Å²) in [7, 11) is 0. The van der Waals surface area contributed by atoms with Gasteiger partial charge in [-0.25, -0.2) is 0 Å². The van der Waals surface area contributed by atoms with Crippen LogP contribution in [-0.2, 0) is 11.3 Å². The molecule has 3 heteroatoms. The number of rotatable bonds is 2. The molecule has 2 atom stereocenters. The maximum atomic E-state index is 12.4. The summed E-state index contributed by atoms with van der Waals surface area (Å²) in [6, 6.07) is 11.3. The maximum Gasteiger partial charge on any atom is 0.240 e. The lowest BCUT2D eigenvalue weighted by molar-refractivity contribution is -0.143. The van der Waals surface area contributed by atoms with Crippen molar-refractivity contribution in [3.63, 3.8) is 0 Å². The molecule has 1 aromatic carbocycles. The topological polar surface area (TPSA) is 32.3 Å². The number of benzene rings is 1. The van der Waals surface area contributed by atoms with Gasteiger partial charge in [0, 0.05) is 18.6 Å². The number of carbonyl (C=O) groups excluding carboxylic acids is 1. The van der Waals surface area contributed by atoms with Crippen molar-refractivity contribution in [1.82, 2.24) is 10.2 Å². The van der Waals surface area contributed by atoms with Crippen molar-refractivity contribution in [1.29, 1.82) is 0 Å². The number of fused-ring (bicyclic) bond motifs is 1. The SMILES string of the molecule is CC1(C)C(=O)NC2CCCCC2N1Cc1ccccc1. The molecule has 108 valence electrons. The van der Waals surface area contributed by atoms with Crippen LogP contribution < -0.4 is 5.32 Å². The van der Waals surface area contributed by atoms with E-state index < -0.39 is 5.54 Å². The van der Waals surface area contributed by atoms with Gasteiger partial charge < -0.3 is 5.32 Å². The molecule has 1 aliphatic carbocycles. The monoisotopic (exact) mass is 272 g/mol. The summed E-state index contributed by atoms with van der Waals surface area (Å²) in [6.07, 6.45) is 4.83. The number of piperazine rings is 1. The predicted molar refractivity (Wildman–Crippen MR) is 80.3 cm³/mol. The van der Waals surface area contributed by atoms with Crippen LogP contribution >= 0.6 is 0 Å². The van der Waals surface area contributed by atoms with Crippen LogP contribution in [0.3, 0.4) is 0 Å². The Morgan fingerprint density at radius 1 is 1.20 bits per heavy atom. The summed E-state index contributed by atoms with van der Waals surface area (Å²) in [5.74, 6) is 0.177. The highest BCUT2D eigenvalue weighted by Gasteiger charge is 2.47. The lowest BCUT2D eigenvalue weighted by Crippen LogP contribution is -2.70. The molecule has 0 aromatic heterocycles. The van der Waals surface area contributed by atoms with Crippen LogP contribution in [-0.4, -0.2) is 28.4 Å². The minimum absolute atomic E-state index is 0.177. The Morgan fingerprint density at radius 3 is 2.65 bits per heavy atom. The highest BCUT2D eigenvalue weighted by atomic mass is 16.2. The number of carbonyl (C=O) groups is 1. The normalized spacial score (nSPS) is 29.6. The molecule has 1 aliphatic heterocycles. The van der Waals surface area contributed by atoms with Gasteiger partial charge in [0.05, 0.1) is 5.54 Å². The van der Waals surface area contributed by atoms with E-state index in [2.05, 4.69) is 48.3 Å². The third-order valence-electron chi connectivity index (χ3n) is 4.92. The largest absolute Gasteiger partial charge is 0.350 e. The Labute approximate surface area is 121 Å². The summed E-state index contributed by atoms with van der Waals surface area (Å²) >= 11 is 0. The molecule has 0 spiro atoms. The van der Waals surface area contributed by atoms with Gasteiger partial charge in [0.2, 0.25) is 5.91 Å². The zero-order valence-corrected chi connectivity index (χ0v) is 12.4. The standard InChI is InChI=1S/C17H24N2O/c1-17(2)16(20)18-14-10-6-7-11-15(14)19(17)12-13-8-4-3-5-9-13/h3-5,8-9,14-15H,6-7,10-12H2,1-2H3,(H,18,20). The Hall–Kier alpha value is -1.35. The molecule has 0 radical (unpaired) electrons. The molecule has 1 saturated carbocycles. The minimum Gasteiger partial charge on any atom is -0.350 e. The van der Waals surface area contributed by atoms with Crippen LogP contribution in [0.4, 0.5) is 0 Å². The molecule has 3 rings (SSSR count). The van der Waals surface area contributed by atoms with Gasteiger partial charge in [-0.05, 0) is 32.3 Å². The van der Waals surface area contributed by atoms with Crippen molar-refractivity contribution in [2.24, 2.45) is 0 Å². The van der Waals surface area contributed by atoms with Crippen molar-refractivity contribution in [3.8, 4) is 0 Å². The quantitative estimate of drug-likeness (QED) is 0.898. The molecule has 1 aromatic rings. The molecule has 1 amide bonds. The maximum absolute atomic E-state index is 12.4. The first-order chi connectivity index (χ1) is 9.59. The number of hydrogen-bond acceptors (Lipinski definition) is 2. The van der Waals surface area contributed by atoms with Gasteiger partial charge in [0.1, 0.15) is 0 Å². The first-order valence-corrected chi connectivity index (χ1v) is 7.70. The van der Waals surface area contributed by atoms with Gasteiger partial charge >= 0.3 is 0 Å². The molecule has 2 fully saturated rings. The molecule has 1 N–H and O–H groups in total. The zero-order chi connectivity index (χ0) is 14.2. The molecule has 1 saturated heterocycles. The first-order valence-electron chi connectivity index (χ1n) is 7.70. The molecule has 20 heavy (non-hydrogen) atoms. The van der Waals surface area contributed by atoms with E-state index in [9.17, 15) is 4.79 Å². The van der Waals surface area contributed by atoms with E-state index in [1.54, 1.807) is 0 Å². The third-order valence-corrected chi connectivity index (χ3v) is 4.92. The third kappa shape index (κ3) is 2.35. The van der Waals surface area contributed by atoms with Gasteiger partial charge in [-0.3, -0.25) is 9.69 Å². The summed E-state index contributed by atoms with van der Waals surface area (Å²) in [6.45, 7) is 4.97. The average molecular weight is 272 g/mol. The summed E-state index contributed by atoms with van der Waals surface area (Å²) in [5, 5.41) is 3.24. The molecule has 2 aliphatic rings. The molecule has 1 heterocycles. The molecular weight excluding hydrogens is 248 g/mol. The van der Waals surface area contributed by atoms with Crippen molar-refractivity contribution in [2.45, 2.75) is 63.7 Å². The van der Waals surface area contributed by atoms with E-state index in [1.807, 2.05) is 6.07 Å². The Balaban J connectivity index is 1.88. The van der Waals surface area contributed by atoms with E-state index in [-0.39, 0.29) is 5.91 Å². The number of amides is 1. The van der Waals surface area contributed by atoms with Crippen molar-refractivity contribution < 1.29 is 4.79 Å².